The molecule has 0 aliphatic heterocycles. The number of amides is 2. The number of thioether (sulfide) groups is 1. The first-order valence-electron chi connectivity index (χ1n) is 11.4. The summed E-state index contributed by atoms with van der Waals surface area (Å²) in [5, 5.41) is 14.7. The highest BCUT2D eigenvalue weighted by atomic mass is 32.2. The number of methoxy groups -OCH3 is 2. The molecule has 0 radical (unpaired) electrons. The molecule has 1 aromatic heterocycles. The van der Waals surface area contributed by atoms with Crippen LogP contribution in [0.5, 0.6) is 11.5 Å². The lowest BCUT2D eigenvalue weighted by Gasteiger charge is -2.12. The summed E-state index contributed by atoms with van der Waals surface area (Å²) in [4.78, 5) is 24.8. The molecule has 3 rings (SSSR count). The van der Waals surface area contributed by atoms with E-state index in [4.69, 9.17) is 9.47 Å². The van der Waals surface area contributed by atoms with Crippen LogP contribution in [0, 0.1) is 6.92 Å². The molecule has 10 heteroatoms. The molecule has 0 saturated carbocycles. The van der Waals surface area contributed by atoms with Gasteiger partial charge in [-0.2, -0.15) is 0 Å². The number of carbonyl (C=O) groups is 2. The number of ether oxygens (including phenoxy) is 2. The number of nitrogens with one attached hydrogen (secondary N) is 2. The largest absolute Gasteiger partial charge is 0.493 e. The zero-order valence-corrected chi connectivity index (χ0v) is 21.9. The van der Waals surface area contributed by atoms with Gasteiger partial charge in [0.15, 0.2) is 22.5 Å². The SMILES string of the molecule is CCc1cccc(C)c1NC(=O)CSc1nnc(CNC(=O)C=Cc2ccc(OC)c(OC)c2)n1C. The second-order valence-electron chi connectivity index (χ2n) is 7.92. The van der Waals surface area contributed by atoms with Gasteiger partial charge in [-0.05, 0) is 48.2 Å². The Morgan fingerprint density at radius 1 is 1.11 bits per heavy atom. The van der Waals surface area contributed by atoms with Crippen LogP contribution in [0.2, 0.25) is 0 Å². The molecule has 0 unspecified atom stereocenters. The zero-order valence-electron chi connectivity index (χ0n) is 21.1. The summed E-state index contributed by atoms with van der Waals surface area (Å²) in [5.74, 6) is 1.60. The minimum absolute atomic E-state index is 0.109. The number of hydrogen-bond acceptors (Lipinski definition) is 7. The highest BCUT2D eigenvalue weighted by Crippen LogP contribution is 2.28. The third-order valence-corrected chi connectivity index (χ3v) is 6.54. The lowest BCUT2D eigenvalue weighted by Crippen LogP contribution is -2.22. The molecule has 0 saturated heterocycles. The molecular weight excluding hydrogens is 478 g/mol. The zero-order chi connectivity index (χ0) is 26.1. The molecule has 3 aromatic rings. The first-order chi connectivity index (χ1) is 17.4. The van der Waals surface area contributed by atoms with Crippen LogP contribution in [0.25, 0.3) is 6.08 Å². The summed E-state index contributed by atoms with van der Waals surface area (Å²) >= 11 is 1.29. The van der Waals surface area contributed by atoms with E-state index in [1.54, 1.807) is 44.0 Å². The first kappa shape index (κ1) is 26.8. The van der Waals surface area contributed by atoms with Crippen molar-refractivity contribution in [3.8, 4) is 11.5 Å². The lowest BCUT2D eigenvalue weighted by atomic mass is 10.1. The predicted molar refractivity (Wildman–Crippen MR) is 141 cm³/mol. The molecule has 0 fully saturated rings. The van der Waals surface area contributed by atoms with Crippen LogP contribution in [-0.2, 0) is 29.6 Å². The van der Waals surface area contributed by atoms with Crippen LogP contribution in [0.3, 0.4) is 0 Å². The third-order valence-electron chi connectivity index (χ3n) is 5.52. The second-order valence-corrected chi connectivity index (χ2v) is 8.87. The Morgan fingerprint density at radius 3 is 2.61 bits per heavy atom. The molecule has 0 bridgehead atoms. The van der Waals surface area contributed by atoms with Gasteiger partial charge in [0.05, 0.1) is 26.5 Å². The van der Waals surface area contributed by atoms with Crippen molar-refractivity contribution < 1.29 is 19.1 Å². The molecule has 1 heterocycles. The molecule has 2 amide bonds. The van der Waals surface area contributed by atoms with Gasteiger partial charge in [0, 0.05) is 18.8 Å². The van der Waals surface area contributed by atoms with Crippen molar-refractivity contribution in [1.82, 2.24) is 20.1 Å². The lowest BCUT2D eigenvalue weighted by molar-refractivity contribution is -0.116. The predicted octanol–water partition coefficient (Wildman–Crippen LogP) is 3.76. The monoisotopic (exact) mass is 509 g/mol. The van der Waals surface area contributed by atoms with E-state index in [-0.39, 0.29) is 24.1 Å². The van der Waals surface area contributed by atoms with E-state index >= 15 is 0 Å². The molecule has 36 heavy (non-hydrogen) atoms. The molecule has 0 aliphatic carbocycles. The first-order valence-corrected chi connectivity index (χ1v) is 12.4. The van der Waals surface area contributed by atoms with Crippen LogP contribution in [0.1, 0.15) is 29.4 Å². The Labute approximate surface area is 215 Å². The number of hydrogen-bond donors (Lipinski definition) is 2. The molecule has 0 spiro atoms. The van der Waals surface area contributed by atoms with E-state index in [9.17, 15) is 9.59 Å². The van der Waals surface area contributed by atoms with Crippen LogP contribution < -0.4 is 20.1 Å². The van der Waals surface area contributed by atoms with Crippen LogP contribution in [0.4, 0.5) is 5.69 Å². The number of aromatic nitrogens is 3. The van der Waals surface area contributed by atoms with Gasteiger partial charge < -0.3 is 24.7 Å². The number of benzene rings is 2. The minimum atomic E-state index is -0.272. The van der Waals surface area contributed by atoms with Gasteiger partial charge in [0.1, 0.15) is 0 Å². The fourth-order valence-corrected chi connectivity index (χ4v) is 4.22. The number of carbonyl (C=O) groups excluding carboxylic acids is 2. The summed E-state index contributed by atoms with van der Waals surface area (Å²) in [6.07, 6.45) is 3.96. The maximum atomic E-state index is 12.5. The topological polar surface area (TPSA) is 107 Å². The van der Waals surface area contributed by atoms with E-state index in [0.29, 0.717) is 22.5 Å². The smallest absolute Gasteiger partial charge is 0.244 e. The minimum Gasteiger partial charge on any atom is -0.493 e. The third kappa shape index (κ3) is 6.88. The quantitative estimate of drug-likeness (QED) is 0.299. The van der Waals surface area contributed by atoms with Crippen molar-refractivity contribution in [1.29, 1.82) is 0 Å². The fourth-order valence-electron chi connectivity index (χ4n) is 3.49. The van der Waals surface area contributed by atoms with E-state index in [0.717, 1.165) is 28.8 Å². The number of nitrogens with zero attached hydrogens (tertiary/aromatic N) is 3. The highest BCUT2D eigenvalue weighted by molar-refractivity contribution is 7.99. The van der Waals surface area contributed by atoms with Crippen LogP contribution in [0.15, 0.2) is 47.6 Å². The second kappa shape index (κ2) is 12.8. The van der Waals surface area contributed by atoms with Crippen molar-refractivity contribution >= 4 is 35.3 Å². The Morgan fingerprint density at radius 2 is 1.89 bits per heavy atom. The number of anilines is 1. The summed E-state index contributed by atoms with van der Waals surface area (Å²) < 4.78 is 12.3. The standard InChI is InChI=1S/C26H31N5O4S/c1-6-19-9-7-8-17(2)25(19)28-24(33)16-36-26-30-29-22(31(26)3)15-27-23(32)13-11-18-10-12-20(34-4)21(14-18)35-5/h7-14H,6,15-16H2,1-5H3,(H,27,32)(H,28,33). The Kier molecular flexibility index (Phi) is 9.52. The van der Waals surface area contributed by atoms with Gasteiger partial charge in [0.2, 0.25) is 11.8 Å². The number of para-hydroxylation sites is 1. The van der Waals surface area contributed by atoms with Gasteiger partial charge in [-0.15, -0.1) is 10.2 Å². The molecule has 0 atom stereocenters. The summed E-state index contributed by atoms with van der Waals surface area (Å²) in [6.45, 7) is 4.24. The maximum Gasteiger partial charge on any atom is 0.244 e. The summed E-state index contributed by atoms with van der Waals surface area (Å²) in [5.41, 5.74) is 3.80. The maximum absolute atomic E-state index is 12.5. The molecule has 2 N–H and O–H groups in total. The normalized spacial score (nSPS) is 10.9. The van der Waals surface area contributed by atoms with Crippen molar-refractivity contribution in [2.75, 3.05) is 25.3 Å². The van der Waals surface area contributed by atoms with Gasteiger partial charge >= 0.3 is 0 Å². The van der Waals surface area contributed by atoms with Crippen LogP contribution >= 0.6 is 11.8 Å². The van der Waals surface area contributed by atoms with Crippen molar-refractivity contribution in [2.45, 2.75) is 32.0 Å². The Bertz CT molecular complexity index is 1260. The average molecular weight is 510 g/mol. The van der Waals surface area contributed by atoms with E-state index in [2.05, 4.69) is 27.8 Å². The molecule has 9 nitrogen and oxygen atoms in total. The Balaban J connectivity index is 1.52. The molecule has 0 aliphatic rings. The highest BCUT2D eigenvalue weighted by Gasteiger charge is 2.14. The van der Waals surface area contributed by atoms with Crippen molar-refractivity contribution in [3.63, 3.8) is 0 Å². The number of rotatable bonds is 11. The number of aryl methyl sites for hydroxylation is 2. The van der Waals surface area contributed by atoms with Crippen molar-refractivity contribution in [2.24, 2.45) is 7.05 Å². The Hall–Kier alpha value is -3.79. The van der Waals surface area contributed by atoms with Gasteiger partial charge in [-0.3, -0.25) is 9.59 Å². The van der Waals surface area contributed by atoms with Gasteiger partial charge in [0.25, 0.3) is 0 Å². The van der Waals surface area contributed by atoms with E-state index in [1.165, 1.54) is 17.8 Å². The van der Waals surface area contributed by atoms with Crippen LogP contribution in [-0.4, -0.2) is 46.6 Å². The van der Waals surface area contributed by atoms with Crippen molar-refractivity contribution in [3.05, 3.63) is 65.0 Å². The van der Waals surface area contributed by atoms with Gasteiger partial charge in [-0.1, -0.05) is 43.0 Å². The fraction of sp³-hybridized carbons (Fsp3) is 0.308. The van der Waals surface area contributed by atoms with E-state index < -0.39 is 0 Å². The van der Waals surface area contributed by atoms with E-state index in [1.807, 2.05) is 31.2 Å². The molecular formula is C26H31N5O4S. The molecule has 2 aromatic carbocycles. The summed E-state index contributed by atoms with van der Waals surface area (Å²) in [6, 6.07) is 11.4. The van der Waals surface area contributed by atoms with Gasteiger partial charge in [-0.25, -0.2) is 0 Å². The average Bonchev–Trinajstić information content (AvgIpc) is 3.24. The molecule has 190 valence electrons. The summed E-state index contributed by atoms with van der Waals surface area (Å²) in [7, 11) is 4.93.